The zero-order valence-corrected chi connectivity index (χ0v) is 12.5. The summed E-state index contributed by atoms with van der Waals surface area (Å²) in [5.41, 5.74) is 8.19. The molecule has 0 aliphatic carbocycles. The molecule has 0 aliphatic heterocycles. The molecule has 1 aromatic heterocycles. The van der Waals surface area contributed by atoms with Crippen molar-refractivity contribution in [2.24, 2.45) is 11.7 Å². The molecule has 0 radical (unpaired) electrons. The monoisotopic (exact) mass is 300 g/mol. The summed E-state index contributed by atoms with van der Waals surface area (Å²) in [5, 5.41) is 12.2. The topological polar surface area (TPSA) is 101 Å². The molecule has 2 rings (SSSR count). The van der Waals surface area contributed by atoms with Crippen molar-refractivity contribution in [1.29, 1.82) is 0 Å². The highest BCUT2D eigenvalue weighted by Gasteiger charge is 2.16. The Labute approximate surface area is 129 Å². The first-order chi connectivity index (χ1) is 10.6. The van der Waals surface area contributed by atoms with Crippen LogP contribution in [0, 0.1) is 5.92 Å². The molecular formula is C16H20N4O2. The number of rotatable bonds is 7. The number of benzene rings is 1. The third-order valence-electron chi connectivity index (χ3n) is 3.46. The van der Waals surface area contributed by atoms with E-state index in [-0.39, 0.29) is 0 Å². The number of nitrogens with one attached hydrogen (secondary N) is 1. The summed E-state index contributed by atoms with van der Waals surface area (Å²) in [6, 6.07) is 9.43. The molecule has 1 heterocycles. The van der Waals surface area contributed by atoms with Crippen LogP contribution in [0.2, 0.25) is 0 Å². The fourth-order valence-electron chi connectivity index (χ4n) is 2.08. The van der Waals surface area contributed by atoms with Gasteiger partial charge in [-0.25, -0.2) is 9.97 Å². The highest BCUT2D eigenvalue weighted by atomic mass is 16.4. The Balaban J connectivity index is 2.08. The van der Waals surface area contributed by atoms with Crippen molar-refractivity contribution in [3.8, 4) is 0 Å². The van der Waals surface area contributed by atoms with Gasteiger partial charge in [0.2, 0.25) is 5.95 Å². The van der Waals surface area contributed by atoms with Crippen molar-refractivity contribution in [3.05, 3.63) is 47.8 Å². The maximum atomic E-state index is 11.1. The van der Waals surface area contributed by atoms with Crippen molar-refractivity contribution in [2.75, 3.05) is 5.32 Å². The van der Waals surface area contributed by atoms with E-state index >= 15 is 0 Å². The average Bonchev–Trinajstić information content (AvgIpc) is 2.53. The maximum Gasteiger partial charge on any atom is 0.306 e. The number of carboxylic acids is 1. The lowest BCUT2D eigenvalue weighted by Gasteiger charge is -2.10. The molecule has 0 aliphatic rings. The molecule has 6 nitrogen and oxygen atoms in total. The molecule has 0 saturated carbocycles. The highest BCUT2D eigenvalue weighted by molar-refractivity contribution is 5.70. The molecule has 1 atom stereocenters. The number of hydrogen-bond acceptors (Lipinski definition) is 5. The Morgan fingerprint density at radius 1 is 1.32 bits per heavy atom. The Morgan fingerprint density at radius 2 is 2.05 bits per heavy atom. The molecule has 0 bridgehead atoms. The van der Waals surface area contributed by atoms with E-state index < -0.39 is 11.9 Å². The largest absolute Gasteiger partial charge is 0.481 e. The molecule has 2 aromatic rings. The fraction of sp³-hybridized carbons (Fsp3) is 0.312. The second-order valence-corrected chi connectivity index (χ2v) is 5.05. The zero-order chi connectivity index (χ0) is 15.9. The first kappa shape index (κ1) is 15.9. The van der Waals surface area contributed by atoms with Gasteiger partial charge in [0.15, 0.2) is 0 Å². The van der Waals surface area contributed by atoms with Crippen LogP contribution in [-0.4, -0.2) is 21.0 Å². The van der Waals surface area contributed by atoms with Crippen LogP contribution >= 0.6 is 0 Å². The first-order valence-electron chi connectivity index (χ1n) is 7.23. The minimum atomic E-state index is -0.798. The van der Waals surface area contributed by atoms with E-state index in [1.165, 1.54) is 0 Å². The Kier molecular flexibility index (Phi) is 5.43. The second-order valence-electron chi connectivity index (χ2n) is 5.05. The van der Waals surface area contributed by atoms with Gasteiger partial charge in [-0.05, 0) is 30.2 Å². The number of nitrogens with zero attached hydrogens (tertiary/aromatic N) is 2. The third-order valence-corrected chi connectivity index (χ3v) is 3.46. The summed E-state index contributed by atoms with van der Waals surface area (Å²) in [4.78, 5) is 19.6. The van der Waals surface area contributed by atoms with Crippen LogP contribution in [0.5, 0.6) is 0 Å². The van der Waals surface area contributed by atoms with Crippen LogP contribution in [0.4, 0.5) is 11.6 Å². The van der Waals surface area contributed by atoms with Crippen molar-refractivity contribution < 1.29 is 9.90 Å². The van der Waals surface area contributed by atoms with Crippen LogP contribution in [0.25, 0.3) is 0 Å². The highest BCUT2D eigenvalue weighted by Crippen LogP contribution is 2.16. The van der Waals surface area contributed by atoms with E-state index in [0.717, 1.165) is 11.3 Å². The smallest absolute Gasteiger partial charge is 0.306 e. The lowest BCUT2D eigenvalue weighted by Crippen LogP contribution is -2.16. The summed E-state index contributed by atoms with van der Waals surface area (Å²) in [5.74, 6) is -0.766. The second kappa shape index (κ2) is 7.51. The maximum absolute atomic E-state index is 11.1. The molecule has 116 valence electrons. The van der Waals surface area contributed by atoms with Gasteiger partial charge in [0.05, 0.1) is 5.92 Å². The van der Waals surface area contributed by atoms with Crippen molar-refractivity contribution >= 4 is 17.6 Å². The molecule has 4 N–H and O–H groups in total. The Hall–Kier alpha value is -2.47. The van der Waals surface area contributed by atoms with E-state index in [2.05, 4.69) is 15.3 Å². The van der Waals surface area contributed by atoms with Gasteiger partial charge in [0.25, 0.3) is 0 Å². The summed E-state index contributed by atoms with van der Waals surface area (Å²) >= 11 is 0. The van der Waals surface area contributed by atoms with Gasteiger partial charge in [-0.2, -0.15) is 0 Å². The minimum Gasteiger partial charge on any atom is -0.481 e. The van der Waals surface area contributed by atoms with Gasteiger partial charge in [0, 0.05) is 30.5 Å². The van der Waals surface area contributed by atoms with Crippen molar-refractivity contribution in [1.82, 2.24) is 9.97 Å². The van der Waals surface area contributed by atoms with Gasteiger partial charge < -0.3 is 16.2 Å². The van der Waals surface area contributed by atoms with Crippen molar-refractivity contribution in [3.63, 3.8) is 0 Å². The fourth-order valence-corrected chi connectivity index (χ4v) is 2.08. The quantitative estimate of drug-likeness (QED) is 0.725. The molecular weight excluding hydrogens is 280 g/mol. The molecule has 1 unspecified atom stereocenters. The van der Waals surface area contributed by atoms with Crippen LogP contribution in [0.1, 0.15) is 24.6 Å². The number of aromatic nitrogens is 2. The van der Waals surface area contributed by atoms with Gasteiger partial charge >= 0.3 is 5.97 Å². The van der Waals surface area contributed by atoms with Crippen LogP contribution < -0.4 is 11.1 Å². The van der Waals surface area contributed by atoms with Crippen LogP contribution in [-0.2, 0) is 17.8 Å². The Bertz CT molecular complexity index is 628. The average molecular weight is 300 g/mol. The first-order valence-corrected chi connectivity index (χ1v) is 7.23. The normalized spacial score (nSPS) is 11.9. The zero-order valence-electron chi connectivity index (χ0n) is 12.5. The standard InChI is InChI=1S/C16H20N4O2/c1-2-12(15(21)22)9-14-7-8-18-16(20-14)19-13-5-3-11(10-17)4-6-13/h3-8,12H,2,9-10,17H2,1H3,(H,21,22)(H,18,19,20). The number of carbonyl (C=O) groups is 1. The van der Waals surface area contributed by atoms with Crippen molar-refractivity contribution in [2.45, 2.75) is 26.3 Å². The minimum absolute atomic E-state index is 0.398. The molecule has 0 amide bonds. The van der Waals surface area contributed by atoms with E-state index in [1.54, 1.807) is 12.3 Å². The van der Waals surface area contributed by atoms with Gasteiger partial charge in [0.1, 0.15) is 0 Å². The van der Waals surface area contributed by atoms with Crippen LogP contribution in [0.3, 0.4) is 0 Å². The molecule has 1 aromatic carbocycles. The van der Waals surface area contributed by atoms with Gasteiger partial charge in [-0.1, -0.05) is 19.1 Å². The van der Waals surface area contributed by atoms with E-state index in [9.17, 15) is 4.79 Å². The third kappa shape index (κ3) is 4.26. The Morgan fingerprint density at radius 3 is 2.64 bits per heavy atom. The lowest BCUT2D eigenvalue weighted by atomic mass is 10.0. The molecule has 22 heavy (non-hydrogen) atoms. The number of hydrogen-bond donors (Lipinski definition) is 3. The van der Waals surface area contributed by atoms with E-state index in [1.807, 2.05) is 31.2 Å². The summed E-state index contributed by atoms with van der Waals surface area (Å²) < 4.78 is 0. The summed E-state index contributed by atoms with van der Waals surface area (Å²) in [6.45, 7) is 2.36. The number of anilines is 2. The predicted molar refractivity (Wildman–Crippen MR) is 84.8 cm³/mol. The number of aliphatic carboxylic acids is 1. The SMILES string of the molecule is CCC(Cc1ccnc(Nc2ccc(CN)cc2)n1)C(=O)O. The molecule has 6 heteroatoms. The summed E-state index contributed by atoms with van der Waals surface area (Å²) in [6.07, 6.45) is 2.60. The number of nitrogens with two attached hydrogens (primary N) is 1. The molecule has 0 fully saturated rings. The molecule has 0 saturated heterocycles. The van der Waals surface area contributed by atoms with Gasteiger partial charge in [-0.3, -0.25) is 4.79 Å². The van der Waals surface area contributed by atoms with Gasteiger partial charge in [-0.15, -0.1) is 0 Å². The van der Waals surface area contributed by atoms with E-state index in [4.69, 9.17) is 10.8 Å². The summed E-state index contributed by atoms with van der Waals surface area (Å²) in [7, 11) is 0. The van der Waals surface area contributed by atoms with E-state index in [0.29, 0.717) is 31.0 Å². The lowest BCUT2D eigenvalue weighted by molar-refractivity contribution is -0.141. The number of carboxylic acid groups (broad SMARTS) is 1. The van der Waals surface area contributed by atoms with Crippen LogP contribution in [0.15, 0.2) is 36.5 Å². The predicted octanol–water partition coefficient (Wildman–Crippen LogP) is 2.33. The molecule has 0 spiro atoms.